The lowest BCUT2D eigenvalue weighted by molar-refractivity contribution is 0.0168. The van der Waals surface area contributed by atoms with Crippen LogP contribution < -0.4 is 10.6 Å². The third-order valence-corrected chi connectivity index (χ3v) is 4.37. The maximum Gasteiger partial charge on any atom is 0.191 e. The topological polar surface area (TPSA) is 64.1 Å². The van der Waals surface area contributed by atoms with E-state index in [2.05, 4.69) is 15.6 Å². The van der Waals surface area contributed by atoms with Gasteiger partial charge in [-0.15, -0.1) is 24.0 Å². The minimum Gasteiger partial charge on any atom is -0.379 e. The molecule has 160 valence electrons. The van der Waals surface area contributed by atoms with E-state index < -0.39 is 0 Å². The van der Waals surface area contributed by atoms with Crippen molar-refractivity contribution in [3.8, 4) is 0 Å². The van der Waals surface area contributed by atoms with Crippen LogP contribution in [0.25, 0.3) is 0 Å². The first-order chi connectivity index (χ1) is 13.2. The lowest BCUT2D eigenvalue weighted by Crippen LogP contribution is -2.38. The molecular weight excluding hydrogens is 476 g/mol. The Kier molecular flexibility index (Phi) is 13.4. The number of hydrogen-bond donors (Lipinski definition) is 2. The Labute approximate surface area is 184 Å². The van der Waals surface area contributed by atoms with Gasteiger partial charge in [0.25, 0.3) is 0 Å². The zero-order valence-corrected chi connectivity index (χ0v) is 19.1. The molecule has 28 heavy (non-hydrogen) atoms. The molecule has 6 nitrogen and oxygen atoms in total. The minimum absolute atomic E-state index is 0. The predicted molar refractivity (Wildman–Crippen MR) is 120 cm³/mol. The standard InChI is InChI=1S/C20H32FN3O3.HI/c1-3-22-20(23-11-5-12-26-15-18-6-4-13-27-18)24-14-19(25-2)16-7-9-17(21)10-8-16;/h7-10,18-19H,3-6,11-15H2,1-2H3,(H2,22,23,24);1H. The summed E-state index contributed by atoms with van der Waals surface area (Å²) in [4.78, 5) is 4.58. The van der Waals surface area contributed by atoms with E-state index in [9.17, 15) is 4.39 Å². The predicted octanol–water partition coefficient (Wildman–Crippen LogP) is 3.27. The number of nitrogens with one attached hydrogen (secondary N) is 2. The number of hydrogen-bond acceptors (Lipinski definition) is 4. The minimum atomic E-state index is -0.256. The summed E-state index contributed by atoms with van der Waals surface area (Å²) >= 11 is 0. The molecule has 1 saturated heterocycles. The highest BCUT2D eigenvalue weighted by Crippen LogP contribution is 2.17. The van der Waals surface area contributed by atoms with Gasteiger partial charge in [-0.2, -0.15) is 0 Å². The van der Waals surface area contributed by atoms with Crippen molar-refractivity contribution >= 4 is 29.9 Å². The van der Waals surface area contributed by atoms with Crippen LogP contribution in [0.1, 0.15) is 37.9 Å². The zero-order chi connectivity index (χ0) is 19.3. The quantitative estimate of drug-likeness (QED) is 0.208. The molecule has 2 unspecified atom stereocenters. The summed E-state index contributed by atoms with van der Waals surface area (Å²) in [6.07, 6.45) is 3.19. The Morgan fingerprint density at radius 3 is 2.75 bits per heavy atom. The fraction of sp³-hybridized carbons (Fsp3) is 0.650. The van der Waals surface area contributed by atoms with Crippen molar-refractivity contribution in [1.29, 1.82) is 0 Å². The van der Waals surface area contributed by atoms with Crippen LogP contribution in [0, 0.1) is 5.82 Å². The fourth-order valence-corrected chi connectivity index (χ4v) is 2.88. The molecule has 2 N–H and O–H groups in total. The number of guanidine groups is 1. The molecule has 0 spiro atoms. The van der Waals surface area contributed by atoms with Gasteiger partial charge < -0.3 is 24.8 Å². The molecule has 1 aliphatic heterocycles. The highest BCUT2D eigenvalue weighted by Gasteiger charge is 2.15. The summed E-state index contributed by atoms with van der Waals surface area (Å²) in [5.74, 6) is 0.481. The Balaban J connectivity index is 0.00000392. The number of halogens is 2. The van der Waals surface area contributed by atoms with Gasteiger partial charge in [0.05, 0.1) is 19.3 Å². The largest absolute Gasteiger partial charge is 0.379 e. The summed E-state index contributed by atoms with van der Waals surface area (Å²) < 4.78 is 29.8. The molecule has 0 radical (unpaired) electrons. The summed E-state index contributed by atoms with van der Waals surface area (Å²) in [5.41, 5.74) is 0.904. The van der Waals surface area contributed by atoms with E-state index in [0.29, 0.717) is 19.8 Å². The van der Waals surface area contributed by atoms with Crippen molar-refractivity contribution in [1.82, 2.24) is 10.6 Å². The Hall–Kier alpha value is -0.970. The summed E-state index contributed by atoms with van der Waals surface area (Å²) in [6.45, 7) is 6.26. The van der Waals surface area contributed by atoms with Crippen LogP contribution in [0.4, 0.5) is 4.39 Å². The monoisotopic (exact) mass is 509 g/mol. The molecule has 1 aromatic rings. The van der Waals surface area contributed by atoms with E-state index in [1.807, 2.05) is 6.92 Å². The Bertz CT molecular complexity index is 554. The molecule has 1 heterocycles. The molecule has 0 aromatic heterocycles. The Morgan fingerprint density at radius 1 is 1.32 bits per heavy atom. The third kappa shape index (κ3) is 9.49. The van der Waals surface area contributed by atoms with Crippen LogP contribution in [-0.4, -0.2) is 58.6 Å². The number of methoxy groups -OCH3 is 1. The van der Waals surface area contributed by atoms with Crippen LogP contribution >= 0.6 is 24.0 Å². The van der Waals surface area contributed by atoms with Crippen molar-refractivity contribution < 1.29 is 18.6 Å². The molecule has 0 saturated carbocycles. The van der Waals surface area contributed by atoms with Crippen LogP contribution in [0.2, 0.25) is 0 Å². The maximum atomic E-state index is 13.1. The SMILES string of the molecule is CCNC(=NCC(OC)c1ccc(F)cc1)NCCCOCC1CCCO1.I. The van der Waals surface area contributed by atoms with Gasteiger partial charge in [-0.05, 0) is 43.9 Å². The number of rotatable bonds is 11. The van der Waals surface area contributed by atoms with Crippen LogP contribution in [-0.2, 0) is 14.2 Å². The first kappa shape index (κ1) is 25.1. The zero-order valence-electron chi connectivity index (χ0n) is 16.8. The molecule has 0 bridgehead atoms. The lowest BCUT2D eigenvalue weighted by Gasteiger charge is -2.16. The molecule has 2 rings (SSSR count). The number of nitrogens with zero attached hydrogens (tertiary/aromatic N) is 1. The maximum absolute atomic E-state index is 13.1. The van der Waals surface area contributed by atoms with Gasteiger partial charge in [-0.25, -0.2) is 4.39 Å². The molecule has 8 heteroatoms. The third-order valence-electron chi connectivity index (χ3n) is 4.37. The summed E-state index contributed by atoms with van der Waals surface area (Å²) in [5, 5.41) is 6.52. The molecule has 0 amide bonds. The highest BCUT2D eigenvalue weighted by atomic mass is 127. The van der Waals surface area contributed by atoms with Gasteiger partial charge in [-0.3, -0.25) is 4.99 Å². The summed E-state index contributed by atoms with van der Waals surface area (Å²) in [7, 11) is 1.63. The van der Waals surface area contributed by atoms with Gasteiger partial charge in [0, 0.05) is 33.4 Å². The van der Waals surface area contributed by atoms with Crippen molar-refractivity contribution in [2.24, 2.45) is 4.99 Å². The normalized spacial score (nSPS) is 17.8. The van der Waals surface area contributed by atoms with Crippen LogP contribution in [0.5, 0.6) is 0 Å². The van der Waals surface area contributed by atoms with Crippen LogP contribution in [0.15, 0.2) is 29.3 Å². The van der Waals surface area contributed by atoms with Gasteiger partial charge >= 0.3 is 0 Å². The number of benzene rings is 1. The van der Waals surface area contributed by atoms with E-state index in [4.69, 9.17) is 14.2 Å². The molecule has 0 aliphatic carbocycles. The second kappa shape index (κ2) is 14.9. The van der Waals surface area contributed by atoms with E-state index in [1.165, 1.54) is 12.1 Å². The average molecular weight is 509 g/mol. The smallest absolute Gasteiger partial charge is 0.191 e. The van der Waals surface area contributed by atoms with Crippen molar-refractivity contribution in [2.45, 2.75) is 38.4 Å². The van der Waals surface area contributed by atoms with Crippen molar-refractivity contribution in [2.75, 3.05) is 46.6 Å². The first-order valence-electron chi connectivity index (χ1n) is 9.72. The van der Waals surface area contributed by atoms with Crippen molar-refractivity contribution in [3.63, 3.8) is 0 Å². The number of aliphatic imine (C=N–C) groups is 1. The van der Waals surface area contributed by atoms with Crippen LogP contribution in [0.3, 0.4) is 0 Å². The van der Waals surface area contributed by atoms with Gasteiger partial charge in [-0.1, -0.05) is 12.1 Å². The molecule has 2 atom stereocenters. The van der Waals surface area contributed by atoms with Crippen molar-refractivity contribution in [3.05, 3.63) is 35.6 Å². The first-order valence-corrected chi connectivity index (χ1v) is 9.72. The second-order valence-electron chi connectivity index (χ2n) is 6.49. The van der Waals surface area contributed by atoms with Gasteiger partial charge in [0.2, 0.25) is 0 Å². The fourth-order valence-electron chi connectivity index (χ4n) is 2.88. The van der Waals surface area contributed by atoms with E-state index >= 15 is 0 Å². The van der Waals surface area contributed by atoms with E-state index in [1.54, 1.807) is 19.2 Å². The molecule has 1 aromatic carbocycles. The number of ether oxygens (including phenoxy) is 3. The Morgan fingerprint density at radius 2 is 2.11 bits per heavy atom. The summed E-state index contributed by atoms with van der Waals surface area (Å²) in [6, 6.07) is 6.33. The highest BCUT2D eigenvalue weighted by molar-refractivity contribution is 14.0. The van der Waals surface area contributed by atoms with E-state index in [-0.39, 0.29) is 42.0 Å². The lowest BCUT2D eigenvalue weighted by atomic mass is 10.1. The molecule has 1 fully saturated rings. The second-order valence-corrected chi connectivity index (χ2v) is 6.49. The molecule has 1 aliphatic rings. The van der Waals surface area contributed by atoms with E-state index in [0.717, 1.165) is 50.5 Å². The molecular formula is C20H33FIN3O3. The van der Waals surface area contributed by atoms with Gasteiger partial charge in [0.1, 0.15) is 11.9 Å². The van der Waals surface area contributed by atoms with Gasteiger partial charge in [0.15, 0.2) is 5.96 Å². The average Bonchev–Trinajstić information content (AvgIpc) is 3.19.